The van der Waals surface area contributed by atoms with Crippen molar-refractivity contribution in [1.82, 2.24) is 9.78 Å². The first-order valence-electron chi connectivity index (χ1n) is 8.43. The number of rotatable bonds is 5. The average molecular weight is 341 g/mol. The van der Waals surface area contributed by atoms with Crippen molar-refractivity contribution >= 4 is 11.9 Å². The van der Waals surface area contributed by atoms with Gasteiger partial charge in [0.05, 0.1) is 11.2 Å². The molecule has 132 valence electrons. The fraction of sp³-hybridized carbons (Fsp3) is 0.421. The summed E-state index contributed by atoms with van der Waals surface area (Å²) in [6.45, 7) is 5.91. The van der Waals surface area contributed by atoms with Crippen molar-refractivity contribution in [3.8, 4) is 0 Å². The Hall–Kier alpha value is -2.63. The average Bonchev–Trinajstić information content (AvgIpc) is 3.30. The molecule has 1 saturated carbocycles. The third-order valence-electron chi connectivity index (χ3n) is 4.15. The zero-order valence-electron chi connectivity index (χ0n) is 14.7. The Morgan fingerprint density at radius 1 is 1.24 bits per heavy atom. The van der Waals surface area contributed by atoms with Crippen LogP contribution in [0.2, 0.25) is 0 Å². The topological polar surface area (TPSA) is 87.2 Å². The molecule has 6 nitrogen and oxygen atoms in total. The van der Waals surface area contributed by atoms with Gasteiger partial charge in [0.15, 0.2) is 0 Å². The Morgan fingerprint density at radius 2 is 1.88 bits per heavy atom. The van der Waals surface area contributed by atoms with Crippen molar-refractivity contribution in [2.45, 2.75) is 51.2 Å². The molecule has 2 N–H and O–H groups in total. The second-order valence-electron chi connectivity index (χ2n) is 7.41. The molecule has 1 aromatic heterocycles. The highest BCUT2D eigenvalue weighted by Gasteiger charge is 2.33. The fourth-order valence-electron chi connectivity index (χ4n) is 2.72. The third-order valence-corrected chi connectivity index (χ3v) is 4.15. The van der Waals surface area contributed by atoms with Crippen molar-refractivity contribution in [2.75, 3.05) is 0 Å². The summed E-state index contributed by atoms with van der Waals surface area (Å²) in [6, 6.07) is 10.5. The highest BCUT2D eigenvalue weighted by molar-refractivity contribution is 5.91. The molecule has 6 heteroatoms. The lowest BCUT2D eigenvalue weighted by Crippen LogP contribution is -2.30. The van der Waals surface area contributed by atoms with Gasteiger partial charge in [0.2, 0.25) is 6.10 Å². The molecule has 0 aliphatic heterocycles. The number of ether oxygens (including phenoxy) is 1. The molecule has 0 bridgehead atoms. The summed E-state index contributed by atoms with van der Waals surface area (Å²) in [5.74, 6) is -0.887. The number of hydrogen-bond acceptors (Lipinski definition) is 4. The summed E-state index contributed by atoms with van der Waals surface area (Å²) in [5, 5.41) is 4.59. The lowest BCUT2D eigenvalue weighted by molar-refractivity contribution is -0.127. The zero-order valence-corrected chi connectivity index (χ0v) is 14.7. The Morgan fingerprint density at radius 3 is 2.40 bits per heavy atom. The maximum atomic E-state index is 12.8. The highest BCUT2D eigenvalue weighted by atomic mass is 16.5. The first-order chi connectivity index (χ1) is 11.8. The van der Waals surface area contributed by atoms with Gasteiger partial charge in [-0.25, -0.2) is 4.79 Å². The summed E-state index contributed by atoms with van der Waals surface area (Å²) >= 11 is 0. The molecule has 25 heavy (non-hydrogen) atoms. The largest absolute Gasteiger partial charge is 0.443 e. The molecule has 0 spiro atoms. The van der Waals surface area contributed by atoms with Gasteiger partial charge in [-0.15, -0.1) is 0 Å². The standard InChI is InChI=1S/C19H23N3O3/c1-19(2,3)22-15(11-14(21-22)12-9-10-12)18(24)25-16(17(20)23)13-7-5-4-6-8-13/h4-8,11-12,16H,9-10H2,1-3H3,(H2,20,23)/t16-/m0/s1. The predicted molar refractivity (Wildman–Crippen MR) is 93.0 cm³/mol. The first kappa shape index (κ1) is 17.2. The number of benzene rings is 1. The Labute approximate surface area is 147 Å². The van der Waals surface area contributed by atoms with Crippen molar-refractivity contribution < 1.29 is 14.3 Å². The number of nitrogens with zero attached hydrogens (tertiary/aromatic N) is 2. The molecule has 1 amide bonds. The molecule has 1 aliphatic rings. The lowest BCUT2D eigenvalue weighted by Gasteiger charge is -2.22. The molecule has 0 saturated heterocycles. The van der Waals surface area contributed by atoms with E-state index >= 15 is 0 Å². The van der Waals surface area contributed by atoms with Crippen molar-refractivity contribution in [1.29, 1.82) is 0 Å². The summed E-state index contributed by atoms with van der Waals surface area (Å²) in [7, 11) is 0. The number of amides is 1. The molecule has 1 atom stereocenters. The van der Waals surface area contributed by atoms with Gasteiger partial charge in [-0.05, 0) is 39.7 Å². The van der Waals surface area contributed by atoms with Crippen LogP contribution in [0, 0.1) is 0 Å². The first-order valence-corrected chi connectivity index (χ1v) is 8.43. The van der Waals surface area contributed by atoms with Crippen molar-refractivity contribution in [3.05, 3.63) is 53.3 Å². The van der Waals surface area contributed by atoms with Gasteiger partial charge in [0.1, 0.15) is 5.69 Å². The van der Waals surface area contributed by atoms with Gasteiger partial charge in [0, 0.05) is 11.5 Å². The molecule has 1 fully saturated rings. The number of aromatic nitrogens is 2. The second kappa shape index (κ2) is 6.35. The summed E-state index contributed by atoms with van der Waals surface area (Å²) in [4.78, 5) is 24.6. The summed E-state index contributed by atoms with van der Waals surface area (Å²) in [6.07, 6.45) is 1.05. The van der Waals surface area contributed by atoms with Crippen LogP contribution in [-0.4, -0.2) is 21.7 Å². The summed E-state index contributed by atoms with van der Waals surface area (Å²) < 4.78 is 7.13. The lowest BCUT2D eigenvalue weighted by atomic mass is 10.1. The Bertz CT molecular complexity index is 786. The molecule has 3 rings (SSSR count). The van der Waals surface area contributed by atoms with E-state index in [4.69, 9.17) is 10.5 Å². The third kappa shape index (κ3) is 3.73. The number of carbonyl (C=O) groups excluding carboxylic acids is 2. The van der Waals surface area contributed by atoms with Gasteiger partial charge in [0.25, 0.3) is 5.91 Å². The minimum Gasteiger partial charge on any atom is -0.443 e. The Kier molecular flexibility index (Phi) is 4.37. The number of primary amides is 1. The van der Waals surface area contributed by atoms with Crippen LogP contribution in [0.1, 0.15) is 67.4 Å². The minimum atomic E-state index is -1.12. The van der Waals surface area contributed by atoms with Crippen LogP contribution in [-0.2, 0) is 15.1 Å². The normalized spacial score (nSPS) is 15.6. The molecule has 0 unspecified atom stereocenters. The zero-order chi connectivity index (χ0) is 18.2. The number of hydrogen-bond donors (Lipinski definition) is 1. The number of nitrogens with two attached hydrogens (primary N) is 1. The van der Waals surface area contributed by atoms with Crippen LogP contribution in [0.25, 0.3) is 0 Å². The smallest absolute Gasteiger partial charge is 0.357 e. The van der Waals surface area contributed by atoms with Crippen LogP contribution < -0.4 is 5.73 Å². The van der Waals surface area contributed by atoms with Crippen molar-refractivity contribution in [3.63, 3.8) is 0 Å². The highest BCUT2D eigenvalue weighted by Crippen LogP contribution is 2.40. The Balaban J connectivity index is 1.90. The van der Waals surface area contributed by atoms with Crippen LogP contribution in [0.4, 0.5) is 0 Å². The van der Waals surface area contributed by atoms with E-state index in [1.807, 2.05) is 26.8 Å². The molecular weight excluding hydrogens is 318 g/mol. The van der Waals surface area contributed by atoms with E-state index < -0.39 is 18.0 Å². The van der Waals surface area contributed by atoms with Crippen LogP contribution in [0.15, 0.2) is 36.4 Å². The van der Waals surface area contributed by atoms with Gasteiger partial charge in [-0.3, -0.25) is 9.48 Å². The monoisotopic (exact) mass is 341 g/mol. The van der Waals surface area contributed by atoms with Gasteiger partial charge in [-0.1, -0.05) is 30.3 Å². The van der Waals surface area contributed by atoms with Crippen LogP contribution in [0.5, 0.6) is 0 Å². The van der Waals surface area contributed by atoms with E-state index in [9.17, 15) is 9.59 Å². The van der Waals surface area contributed by atoms with E-state index in [1.165, 1.54) is 0 Å². The maximum Gasteiger partial charge on any atom is 0.357 e. The summed E-state index contributed by atoms with van der Waals surface area (Å²) in [5.41, 5.74) is 6.86. The van der Waals surface area contributed by atoms with Gasteiger partial charge >= 0.3 is 5.97 Å². The van der Waals surface area contributed by atoms with Gasteiger partial charge < -0.3 is 10.5 Å². The number of esters is 1. The van der Waals surface area contributed by atoms with Gasteiger partial charge in [-0.2, -0.15) is 5.10 Å². The van der Waals surface area contributed by atoms with Crippen LogP contribution in [0.3, 0.4) is 0 Å². The van der Waals surface area contributed by atoms with E-state index in [-0.39, 0.29) is 5.54 Å². The maximum absolute atomic E-state index is 12.8. The van der Waals surface area contributed by atoms with E-state index in [0.717, 1.165) is 18.5 Å². The number of carbonyl (C=O) groups is 2. The van der Waals surface area contributed by atoms with Crippen molar-refractivity contribution in [2.24, 2.45) is 5.73 Å². The molecule has 0 radical (unpaired) electrons. The molecule has 1 aliphatic carbocycles. The minimum absolute atomic E-state index is 0.344. The predicted octanol–water partition coefficient (Wildman–Crippen LogP) is 2.90. The second-order valence-corrected chi connectivity index (χ2v) is 7.41. The fourth-order valence-corrected chi connectivity index (χ4v) is 2.72. The molecular formula is C19H23N3O3. The SMILES string of the molecule is CC(C)(C)n1nc(C2CC2)cc1C(=O)O[C@H](C(N)=O)c1ccccc1. The molecule has 2 aromatic rings. The quantitative estimate of drug-likeness (QED) is 0.847. The van der Waals surface area contributed by atoms with E-state index in [1.54, 1.807) is 35.0 Å². The molecule has 1 heterocycles. The molecule has 1 aromatic carbocycles. The van der Waals surface area contributed by atoms with E-state index in [2.05, 4.69) is 5.10 Å². The van der Waals surface area contributed by atoms with Crippen LogP contribution >= 0.6 is 0 Å². The van der Waals surface area contributed by atoms with E-state index in [0.29, 0.717) is 17.2 Å².